The summed E-state index contributed by atoms with van der Waals surface area (Å²) >= 11 is 1.57. The first-order valence-corrected chi connectivity index (χ1v) is 7.67. The minimum atomic E-state index is 0. The van der Waals surface area contributed by atoms with Gasteiger partial charge in [-0.15, -0.1) is 11.3 Å². The van der Waals surface area contributed by atoms with Gasteiger partial charge in [0.25, 0.3) is 0 Å². The summed E-state index contributed by atoms with van der Waals surface area (Å²) < 4.78 is 10.3. The largest absolute Gasteiger partial charge is 1.00 e. The maximum atomic E-state index is 5.17. The summed E-state index contributed by atoms with van der Waals surface area (Å²) in [5.41, 5.74) is 3.00. The maximum Gasteiger partial charge on any atom is 0.187 e. The summed E-state index contributed by atoms with van der Waals surface area (Å²) in [4.78, 5) is 4.61. The highest BCUT2D eigenvalue weighted by Crippen LogP contribution is 2.28. The standard InChI is InChI=1S/C17H16N2O2S.BrH/c1-20-14-7-3-12(4-8-14)16-11-22-17(19-16)18-13-5-9-15(21-2)10-6-13;/h3-11H,1-2H3,(H,18,19);1H/p-1. The topological polar surface area (TPSA) is 43.4 Å². The van der Waals surface area contributed by atoms with Crippen LogP contribution in [0.2, 0.25) is 0 Å². The Hall–Kier alpha value is -2.05. The van der Waals surface area contributed by atoms with Gasteiger partial charge in [0.2, 0.25) is 0 Å². The first kappa shape index (κ1) is 17.3. The van der Waals surface area contributed by atoms with Gasteiger partial charge in [-0.3, -0.25) is 0 Å². The molecule has 3 aromatic rings. The molecule has 3 rings (SSSR count). The van der Waals surface area contributed by atoms with Gasteiger partial charge in [0.15, 0.2) is 5.13 Å². The summed E-state index contributed by atoms with van der Waals surface area (Å²) in [5.74, 6) is 1.68. The molecule has 0 spiro atoms. The van der Waals surface area contributed by atoms with Gasteiger partial charge in [0, 0.05) is 16.6 Å². The van der Waals surface area contributed by atoms with Crippen molar-refractivity contribution in [3.05, 3.63) is 53.9 Å². The van der Waals surface area contributed by atoms with E-state index in [1.165, 1.54) is 0 Å². The Morgan fingerprint density at radius 1 is 0.870 bits per heavy atom. The summed E-state index contributed by atoms with van der Waals surface area (Å²) in [6.07, 6.45) is 0. The van der Waals surface area contributed by atoms with Crippen molar-refractivity contribution in [1.29, 1.82) is 0 Å². The lowest BCUT2D eigenvalue weighted by molar-refractivity contribution is -0.00000498. The van der Waals surface area contributed by atoms with E-state index in [0.717, 1.165) is 33.6 Å². The third kappa shape index (κ3) is 4.24. The van der Waals surface area contributed by atoms with E-state index >= 15 is 0 Å². The Morgan fingerprint density at radius 2 is 1.43 bits per heavy atom. The number of benzene rings is 2. The molecule has 23 heavy (non-hydrogen) atoms. The smallest absolute Gasteiger partial charge is 0.187 e. The zero-order valence-corrected chi connectivity index (χ0v) is 15.1. The molecule has 0 bridgehead atoms. The number of anilines is 2. The average Bonchev–Trinajstić information content (AvgIpc) is 3.04. The van der Waals surface area contributed by atoms with Crippen molar-refractivity contribution in [2.75, 3.05) is 19.5 Å². The van der Waals surface area contributed by atoms with Crippen molar-refractivity contribution >= 4 is 22.2 Å². The van der Waals surface area contributed by atoms with Crippen LogP contribution >= 0.6 is 11.3 Å². The van der Waals surface area contributed by atoms with Crippen LogP contribution in [0, 0.1) is 0 Å². The second kappa shape index (κ2) is 7.99. The number of methoxy groups -OCH3 is 2. The normalized spacial score (nSPS) is 9.83. The van der Waals surface area contributed by atoms with Gasteiger partial charge >= 0.3 is 0 Å². The van der Waals surface area contributed by atoms with Gasteiger partial charge in [-0.25, -0.2) is 4.98 Å². The second-order valence-electron chi connectivity index (χ2n) is 4.62. The minimum absolute atomic E-state index is 0. The van der Waals surface area contributed by atoms with Crippen molar-refractivity contribution in [3.8, 4) is 22.8 Å². The van der Waals surface area contributed by atoms with Crippen LogP contribution in [0.1, 0.15) is 0 Å². The van der Waals surface area contributed by atoms with Gasteiger partial charge in [0.05, 0.1) is 19.9 Å². The van der Waals surface area contributed by atoms with Crippen LogP contribution in [0.25, 0.3) is 11.3 Å². The van der Waals surface area contributed by atoms with Gasteiger partial charge in [0.1, 0.15) is 11.5 Å². The molecule has 120 valence electrons. The van der Waals surface area contributed by atoms with Gasteiger partial charge in [-0.05, 0) is 48.5 Å². The molecule has 0 fully saturated rings. The number of hydrogen-bond acceptors (Lipinski definition) is 5. The highest BCUT2D eigenvalue weighted by atomic mass is 79.9. The number of halogens is 1. The maximum absolute atomic E-state index is 5.17. The first-order valence-electron chi connectivity index (χ1n) is 6.79. The van der Waals surface area contributed by atoms with Crippen molar-refractivity contribution in [2.24, 2.45) is 0 Å². The molecular weight excluding hydrogens is 376 g/mol. The van der Waals surface area contributed by atoms with Crippen LogP contribution in [0.15, 0.2) is 53.9 Å². The number of hydrogen-bond donors (Lipinski definition) is 1. The highest BCUT2D eigenvalue weighted by Gasteiger charge is 2.05. The summed E-state index contributed by atoms with van der Waals surface area (Å²) in [5, 5.41) is 6.19. The molecule has 0 aliphatic carbocycles. The third-order valence-corrected chi connectivity index (χ3v) is 3.99. The molecule has 0 aliphatic heterocycles. The molecule has 1 heterocycles. The van der Waals surface area contributed by atoms with Crippen LogP contribution in [-0.2, 0) is 0 Å². The van der Waals surface area contributed by atoms with E-state index in [4.69, 9.17) is 9.47 Å². The lowest BCUT2D eigenvalue weighted by Crippen LogP contribution is -3.00. The fourth-order valence-corrected chi connectivity index (χ4v) is 2.76. The van der Waals surface area contributed by atoms with Gasteiger partial charge < -0.3 is 31.8 Å². The van der Waals surface area contributed by atoms with E-state index in [-0.39, 0.29) is 17.0 Å². The van der Waals surface area contributed by atoms with Crippen molar-refractivity contribution in [1.82, 2.24) is 4.98 Å². The summed E-state index contributed by atoms with van der Waals surface area (Å²) in [6, 6.07) is 15.6. The number of rotatable bonds is 5. The monoisotopic (exact) mass is 391 g/mol. The van der Waals surface area contributed by atoms with Gasteiger partial charge in [-0.2, -0.15) is 0 Å². The Labute approximate surface area is 149 Å². The minimum Gasteiger partial charge on any atom is -1.00 e. The third-order valence-electron chi connectivity index (χ3n) is 3.23. The highest BCUT2D eigenvalue weighted by molar-refractivity contribution is 7.14. The molecule has 0 atom stereocenters. The average molecular weight is 392 g/mol. The number of ether oxygens (including phenoxy) is 2. The fourth-order valence-electron chi connectivity index (χ4n) is 2.02. The molecular formula is C17H16BrN2O2S-. The lowest BCUT2D eigenvalue weighted by Gasteiger charge is -2.04. The summed E-state index contributed by atoms with van der Waals surface area (Å²) in [7, 11) is 3.32. The van der Waals surface area contributed by atoms with E-state index < -0.39 is 0 Å². The number of thiazole rings is 1. The van der Waals surface area contributed by atoms with Crippen LogP contribution in [0.4, 0.5) is 10.8 Å². The zero-order valence-electron chi connectivity index (χ0n) is 12.7. The van der Waals surface area contributed by atoms with Crippen molar-refractivity contribution < 1.29 is 26.5 Å². The van der Waals surface area contributed by atoms with Crippen LogP contribution in [-0.4, -0.2) is 19.2 Å². The van der Waals surface area contributed by atoms with Crippen molar-refractivity contribution in [3.63, 3.8) is 0 Å². The van der Waals surface area contributed by atoms with Crippen LogP contribution in [0.3, 0.4) is 0 Å². The Kier molecular flexibility index (Phi) is 6.01. The second-order valence-corrected chi connectivity index (χ2v) is 5.48. The molecule has 4 nitrogen and oxygen atoms in total. The lowest BCUT2D eigenvalue weighted by atomic mass is 10.2. The van der Waals surface area contributed by atoms with E-state index in [0.29, 0.717) is 0 Å². The predicted molar refractivity (Wildman–Crippen MR) is 90.4 cm³/mol. The Balaban J connectivity index is 0.00000192. The molecule has 0 aliphatic rings. The molecule has 0 saturated carbocycles. The number of nitrogens with zero attached hydrogens (tertiary/aromatic N) is 1. The molecule has 1 aromatic heterocycles. The van der Waals surface area contributed by atoms with Gasteiger partial charge in [-0.1, -0.05) is 0 Å². The van der Waals surface area contributed by atoms with E-state index in [9.17, 15) is 0 Å². The molecule has 0 unspecified atom stereocenters. The van der Waals surface area contributed by atoms with Crippen LogP contribution in [0.5, 0.6) is 11.5 Å². The quantitative estimate of drug-likeness (QED) is 0.716. The summed E-state index contributed by atoms with van der Waals surface area (Å²) in [6.45, 7) is 0. The molecule has 0 amide bonds. The molecule has 0 saturated heterocycles. The SMILES string of the molecule is COc1ccc(Nc2nc(-c3ccc(OC)cc3)cs2)cc1.[Br-]. The van der Waals surface area contributed by atoms with Crippen LogP contribution < -0.4 is 31.8 Å². The Bertz CT molecular complexity index is 742. The fraction of sp³-hybridized carbons (Fsp3) is 0.118. The molecule has 1 N–H and O–H groups in total. The predicted octanol–water partition coefficient (Wildman–Crippen LogP) is 1.57. The zero-order chi connectivity index (χ0) is 15.4. The van der Waals surface area contributed by atoms with Crippen molar-refractivity contribution in [2.45, 2.75) is 0 Å². The number of nitrogens with one attached hydrogen (secondary N) is 1. The van der Waals surface area contributed by atoms with E-state index in [2.05, 4.69) is 10.3 Å². The molecule has 2 aromatic carbocycles. The van der Waals surface area contributed by atoms with E-state index in [1.54, 1.807) is 25.6 Å². The van der Waals surface area contributed by atoms with E-state index in [1.807, 2.05) is 53.9 Å². The number of aromatic nitrogens is 1. The first-order chi connectivity index (χ1) is 10.8. The molecule has 6 heteroatoms. The molecule has 0 radical (unpaired) electrons. The Morgan fingerprint density at radius 3 is 2.00 bits per heavy atom.